The number of hydrogen-bond donors (Lipinski definition) is 3. The maximum atomic E-state index is 14.2. The Labute approximate surface area is 303 Å². The highest BCUT2D eigenvalue weighted by Gasteiger charge is 2.49. The third-order valence-electron chi connectivity index (χ3n) is 8.34. The molecule has 12 nitrogen and oxygen atoms in total. The van der Waals surface area contributed by atoms with Crippen LogP contribution in [0.3, 0.4) is 0 Å². The second kappa shape index (κ2) is 16.1. The minimum Gasteiger partial charge on any atom is -0.481 e. The van der Waals surface area contributed by atoms with E-state index in [2.05, 4.69) is 20.8 Å². The first-order chi connectivity index (χ1) is 24.4. The minimum atomic E-state index is -1.73. The van der Waals surface area contributed by atoms with Crippen LogP contribution in [0.1, 0.15) is 53.1 Å². The Hall–Kier alpha value is -5.33. The molecular formula is C37H34Cl2N4O8. The first kappa shape index (κ1) is 36.9. The second-order valence-corrected chi connectivity index (χ2v) is 13.2. The highest BCUT2D eigenvalue weighted by Crippen LogP contribution is 2.32. The van der Waals surface area contributed by atoms with E-state index in [0.29, 0.717) is 16.7 Å². The summed E-state index contributed by atoms with van der Waals surface area (Å²) in [5.74, 6) is -4.76. The molecule has 4 aromatic rings. The second-order valence-electron chi connectivity index (χ2n) is 12.3. The first-order valence-corrected chi connectivity index (χ1v) is 16.7. The van der Waals surface area contributed by atoms with E-state index in [1.54, 1.807) is 48.7 Å². The number of aliphatic carboxylic acids is 1. The molecule has 2 amide bonds. The normalized spacial score (nSPS) is 16.5. The molecule has 0 saturated carbocycles. The fourth-order valence-corrected chi connectivity index (χ4v) is 6.30. The Balaban J connectivity index is 1.36. The number of nitrogens with one attached hydrogen (secondary N) is 2. The standard InChI is InChI=1S/C37H34Cl2N4O8/c1-21(2)32(42-34(47)33-24-12-7-6-11-23(24)15-16-40-33)28-19-37(51-43-28,18-22-9-4-3-5-10-22)36(49)41-27(17-30(45)46)29(44)20-50-35(48)31-25(38)13-8-14-26(31)39/h3-16,21,27,32H,17-20H2,1-2H3,(H,41,49)(H,42,47)(H,45,46). The summed E-state index contributed by atoms with van der Waals surface area (Å²) in [5.41, 5.74) is -0.622. The van der Waals surface area contributed by atoms with E-state index in [0.717, 1.165) is 5.39 Å². The number of nitrogens with zero attached hydrogens (tertiary/aromatic N) is 2. The minimum absolute atomic E-state index is 0.00310. The lowest BCUT2D eigenvalue weighted by Gasteiger charge is -2.29. The SMILES string of the molecule is CC(C)C(NC(=O)c1nccc2ccccc12)C1=NOC(Cc2ccccc2)(C(=O)NC(CC(=O)O)C(=O)COC(=O)c2c(Cl)cccc2Cl)C1. The Morgan fingerprint density at radius 2 is 1.61 bits per heavy atom. The predicted octanol–water partition coefficient (Wildman–Crippen LogP) is 5.44. The fraction of sp³-hybridized carbons (Fsp3) is 0.270. The zero-order chi connectivity index (χ0) is 36.7. The lowest BCUT2D eigenvalue weighted by Crippen LogP contribution is -2.55. The number of rotatable bonds is 14. The topological polar surface area (TPSA) is 173 Å². The molecule has 1 aliphatic heterocycles. The van der Waals surface area contributed by atoms with Crippen LogP contribution < -0.4 is 10.6 Å². The number of ketones is 1. The zero-order valence-electron chi connectivity index (χ0n) is 27.6. The number of carboxylic acids is 1. The number of amides is 2. The van der Waals surface area contributed by atoms with Crippen molar-refractivity contribution in [2.75, 3.05) is 6.61 Å². The lowest BCUT2D eigenvalue weighted by atomic mass is 9.84. The van der Waals surface area contributed by atoms with Crippen molar-refractivity contribution in [3.05, 3.63) is 112 Å². The summed E-state index contributed by atoms with van der Waals surface area (Å²) in [6, 6.07) is 20.1. The van der Waals surface area contributed by atoms with Crippen molar-refractivity contribution in [3.63, 3.8) is 0 Å². The smallest absolute Gasteiger partial charge is 0.341 e. The Bertz CT molecular complexity index is 1980. The molecule has 0 saturated heterocycles. The summed E-state index contributed by atoms with van der Waals surface area (Å²) >= 11 is 12.1. The maximum absolute atomic E-state index is 14.2. The Morgan fingerprint density at radius 1 is 0.922 bits per heavy atom. The van der Waals surface area contributed by atoms with Gasteiger partial charge in [-0.2, -0.15) is 0 Å². The number of esters is 1. The van der Waals surface area contributed by atoms with Gasteiger partial charge in [-0.25, -0.2) is 4.79 Å². The Kier molecular flexibility index (Phi) is 11.7. The summed E-state index contributed by atoms with van der Waals surface area (Å²) in [6.45, 7) is 2.87. The van der Waals surface area contributed by atoms with Gasteiger partial charge in [0.05, 0.1) is 33.8 Å². The molecule has 5 rings (SSSR count). The molecule has 14 heteroatoms. The molecule has 3 N–H and O–H groups in total. The number of halogens is 2. The molecule has 51 heavy (non-hydrogen) atoms. The predicted molar refractivity (Wildman–Crippen MR) is 190 cm³/mol. The first-order valence-electron chi connectivity index (χ1n) is 16.0. The van der Waals surface area contributed by atoms with Crippen LogP contribution in [-0.2, 0) is 30.4 Å². The van der Waals surface area contributed by atoms with Gasteiger partial charge in [0.2, 0.25) is 5.60 Å². The van der Waals surface area contributed by atoms with Gasteiger partial charge in [-0.05, 0) is 35.1 Å². The molecule has 1 aliphatic rings. The zero-order valence-corrected chi connectivity index (χ0v) is 29.1. The molecule has 0 bridgehead atoms. The number of pyridine rings is 1. The summed E-state index contributed by atoms with van der Waals surface area (Å²) < 4.78 is 5.12. The number of benzene rings is 3. The number of carbonyl (C=O) groups excluding carboxylic acids is 4. The number of ether oxygens (including phenoxy) is 1. The van der Waals surface area contributed by atoms with E-state index < -0.39 is 60.2 Å². The number of fused-ring (bicyclic) bond motifs is 1. The molecule has 3 aromatic carbocycles. The Morgan fingerprint density at radius 3 is 2.29 bits per heavy atom. The number of aromatic nitrogens is 1. The third-order valence-corrected chi connectivity index (χ3v) is 8.97. The molecule has 264 valence electrons. The van der Waals surface area contributed by atoms with Gasteiger partial charge in [0.25, 0.3) is 11.8 Å². The number of carboxylic acid groups (broad SMARTS) is 1. The van der Waals surface area contributed by atoms with Crippen LogP contribution in [0.2, 0.25) is 10.0 Å². The van der Waals surface area contributed by atoms with Crippen LogP contribution in [0.25, 0.3) is 10.8 Å². The van der Waals surface area contributed by atoms with E-state index in [9.17, 15) is 29.1 Å². The molecule has 1 aromatic heterocycles. The third kappa shape index (κ3) is 8.70. The van der Waals surface area contributed by atoms with Crippen LogP contribution in [0.5, 0.6) is 0 Å². The highest BCUT2D eigenvalue weighted by molar-refractivity contribution is 6.39. The molecule has 2 heterocycles. The van der Waals surface area contributed by atoms with Crippen LogP contribution >= 0.6 is 23.2 Å². The van der Waals surface area contributed by atoms with Gasteiger partial charge in [0.1, 0.15) is 11.7 Å². The molecule has 0 aliphatic carbocycles. The van der Waals surface area contributed by atoms with Crippen LogP contribution in [0, 0.1) is 5.92 Å². The van der Waals surface area contributed by atoms with Crippen molar-refractivity contribution in [3.8, 4) is 0 Å². The maximum Gasteiger partial charge on any atom is 0.341 e. The summed E-state index contributed by atoms with van der Waals surface area (Å²) in [4.78, 5) is 75.7. The average Bonchev–Trinajstić information content (AvgIpc) is 3.53. The van der Waals surface area contributed by atoms with E-state index in [1.165, 1.54) is 18.2 Å². The van der Waals surface area contributed by atoms with E-state index >= 15 is 0 Å². The van der Waals surface area contributed by atoms with Crippen molar-refractivity contribution in [2.45, 2.75) is 50.8 Å². The fourth-order valence-electron chi connectivity index (χ4n) is 5.75. The highest BCUT2D eigenvalue weighted by atomic mass is 35.5. The van der Waals surface area contributed by atoms with Gasteiger partial charge in [0, 0.05) is 24.4 Å². The van der Waals surface area contributed by atoms with E-state index in [4.69, 9.17) is 32.8 Å². The molecular weight excluding hydrogens is 699 g/mol. The van der Waals surface area contributed by atoms with Gasteiger partial charge in [0.15, 0.2) is 12.4 Å². The number of carbonyl (C=O) groups is 5. The molecule has 3 unspecified atom stereocenters. The van der Waals surface area contributed by atoms with Gasteiger partial charge in [-0.15, -0.1) is 0 Å². The van der Waals surface area contributed by atoms with Gasteiger partial charge >= 0.3 is 11.9 Å². The summed E-state index contributed by atoms with van der Waals surface area (Å²) in [6.07, 6.45) is 0.625. The van der Waals surface area contributed by atoms with Crippen molar-refractivity contribution < 1.29 is 38.7 Å². The van der Waals surface area contributed by atoms with Crippen LogP contribution in [-0.4, -0.2) is 69.6 Å². The lowest BCUT2D eigenvalue weighted by molar-refractivity contribution is -0.148. The molecule has 0 spiro atoms. The van der Waals surface area contributed by atoms with Gasteiger partial charge < -0.3 is 25.3 Å². The van der Waals surface area contributed by atoms with E-state index in [-0.39, 0.29) is 40.1 Å². The number of hydrogen-bond acceptors (Lipinski definition) is 9. The summed E-state index contributed by atoms with van der Waals surface area (Å²) in [5, 5.41) is 20.9. The summed E-state index contributed by atoms with van der Waals surface area (Å²) in [7, 11) is 0. The largest absolute Gasteiger partial charge is 0.481 e. The molecule has 0 radical (unpaired) electrons. The van der Waals surface area contributed by atoms with Crippen molar-refractivity contribution in [1.82, 2.24) is 15.6 Å². The molecule has 0 fully saturated rings. The van der Waals surface area contributed by atoms with Gasteiger partial charge in [-0.1, -0.05) is 103 Å². The average molecular weight is 734 g/mol. The van der Waals surface area contributed by atoms with Crippen molar-refractivity contribution >= 4 is 69.2 Å². The number of Topliss-reactive ketones (excluding diaryl/α,β-unsaturated/α-hetero) is 1. The van der Waals surface area contributed by atoms with Crippen LogP contribution in [0.15, 0.2) is 90.2 Å². The van der Waals surface area contributed by atoms with Crippen molar-refractivity contribution in [1.29, 1.82) is 0 Å². The van der Waals surface area contributed by atoms with E-state index in [1.807, 2.05) is 32.0 Å². The van der Waals surface area contributed by atoms with Gasteiger partial charge in [-0.3, -0.25) is 24.2 Å². The quantitative estimate of drug-likeness (QED) is 0.143. The monoisotopic (exact) mass is 732 g/mol. The van der Waals surface area contributed by atoms with Crippen molar-refractivity contribution in [2.24, 2.45) is 11.1 Å². The number of oxime groups is 1. The molecule has 3 atom stereocenters. The van der Waals surface area contributed by atoms with Crippen LogP contribution in [0.4, 0.5) is 0 Å².